The van der Waals surface area contributed by atoms with E-state index in [2.05, 4.69) is 57.9 Å². The number of halogens is 1. The van der Waals surface area contributed by atoms with E-state index in [0.717, 1.165) is 13.2 Å². The van der Waals surface area contributed by atoms with Crippen LogP contribution in [0, 0.1) is 0 Å². The number of benzene rings is 1. The van der Waals surface area contributed by atoms with Gasteiger partial charge in [-0.05, 0) is 0 Å². The van der Waals surface area contributed by atoms with Gasteiger partial charge in [-0.2, -0.15) is 0 Å². The molecule has 1 nitrogen and oxygen atoms in total. The summed E-state index contributed by atoms with van der Waals surface area (Å²) < 4.78 is 6.66. The van der Waals surface area contributed by atoms with E-state index in [1.165, 1.54) is 14.5 Å². The number of ether oxygens (including phenoxy) is 1. The zero-order valence-corrected chi connectivity index (χ0v) is 12.7. The summed E-state index contributed by atoms with van der Waals surface area (Å²) in [6, 6.07) is 10.6. The summed E-state index contributed by atoms with van der Waals surface area (Å²) >= 11 is 2.91. The van der Waals surface area contributed by atoms with Crippen molar-refractivity contribution < 1.29 is 4.74 Å². The molecule has 1 aromatic carbocycles. The van der Waals surface area contributed by atoms with Crippen molar-refractivity contribution in [3.8, 4) is 0 Å². The van der Waals surface area contributed by atoms with Crippen molar-refractivity contribution in [2.75, 3.05) is 13.2 Å². The van der Waals surface area contributed by atoms with Gasteiger partial charge in [-0.3, -0.25) is 0 Å². The summed E-state index contributed by atoms with van der Waals surface area (Å²) in [4.78, 5) is 2.32. The number of hydrogen-bond acceptors (Lipinski definition) is 1. The van der Waals surface area contributed by atoms with Crippen LogP contribution in [0.3, 0.4) is 0 Å². The average Bonchev–Trinajstić information content (AvgIpc) is 2.28. The van der Waals surface area contributed by atoms with Gasteiger partial charge in [0.15, 0.2) is 0 Å². The molecule has 0 atom stereocenters. The number of rotatable bonds is 6. The van der Waals surface area contributed by atoms with E-state index in [4.69, 9.17) is 4.74 Å². The van der Waals surface area contributed by atoms with Gasteiger partial charge in [0.05, 0.1) is 0 Å². The first-order valence-corrected chi connectivity index (χ1v) is 8.18. The molecule has 0 spiro atoms. The third-order valence-corrected chi connectivity index (χ3v) is 5.32. The summed E-state index contributed by atoms with van der Waals surface area (Å²) in [7, 11) is 0. The zero-order valence-electron chi connectivity index (χ0n) is 8.78. The van der Waals surface area contributed by atoms with Crippen molar-refractivity contribution in [1.29, 1.82) is 0 Å². The molecule has 15 heavy (non-hydrogen) atoms. The van der Waals surface area contributed by atoms with E-state index < -0.39 is 0 Å². The fourth-order valence-corrected chi connectivity index (χ4v) is 3.70. The molecule has 0 aliphatic heterocycles. The second-order valence-corrected chi connectivity index (χ2v) is 6.18. The molecule has 0 bridgehead atoms. The van der Waals surface area contributed by atoms with Gasteiger partial charge in [0.2, 0.25) is 0 Å². The van der Waals surface area contributed by atoms with Crippen LogP contribution in [-0.4, -0.2) is 28.2 Å². The Hall–Kier alpha value is 0.169. The summed E-state index contributed by atoms with van der Waals surface area (Å²) in [5.41, 5.74) is 1.43. The second kappa shape index (κ2) is 8.34. The molecule has 0 heterocycles. The van der Waals surface area contributed by atoms with Gasteiger partial charge in [-0.15, -0.1) is 0 Å². The van der Waals surface area contributed by atoms with Gasteiger partial charge in [0.1, 0.15) is 0 Å². The summed E-state index contributed by atoms with van der Waals surface area (Å²) in [6.45, 7) is 3.60. The summed E-state index contributed by atoms with van der Waals surface area (Å²) in [5.74, 6) is 0. The second-order valence-electron chi connectivity index (χ2n) is 3.00. The topological polar surface area (TPSA) is 9.23 Å². The Kier molecular flexibility index (Phi) is 7.36. The van der Waals surface area contributed by atoms with E-state index >= 15 is 0 Å². The Morgan fingerprint density at radius 1 is 1.40 bits per heavy atom. The normalized spacial score (nSPS) is 11.7. The first-order chi connectivity index (χ1) is 7.33. The molecule has 0 radical (unpaired) electrons. The maximum absolute atomic E-state index is 5.33. The third-order valence-electron chi connectivity index (χ3n) is 1.75. The predicted octanol–water partition coefficient (Wildman–Crippen LogP) is 3.20. The van der Waals surface area contributed by atoms with E-state index in [0.29, 0.717) is 15.0 Å². The van der Waals surface area contributed by atoms with Crippen LogP contribution in [-0.2, 0) is 10.1 Å². The van der Waals surface area contributed by atoms with Crippen LogP contribution >= 0.6 is 22.6 Å². The van der Waals surface area contributed by atoms with Crippen molar-refractivity contribution in [1.82, 2.24) is 0 Å². The van der Waals surface area contributed by atoms with Crippen molar-refractivity contribution in [2.24, 2.45) is 0 Å². The van der Waals surface area contributed by atoms with Crippen LogP contribution < -0.4 is 0 Å². The molecule has 0 aromatic heterocycles. The Morgan fingerprint density at radius 3 is 2.80 bits per heavy atom. The third kappa shape index (κ3) is 6.36. The Morgan fingerprint density at radius 2 is 2.13 bits per heavy atom. The van der Waals surface area contributed by atoms with E-state index in [9.17, 15) is 0 Å². The van der Waals surface area contributed by atoms with E-state index in [1.807, 2.05) is 6.92 Å². The maximum atomic E-state index is 5.33. The van der Waals surface area contributed by atoms with Gasteiger partial charge in [0.25, 0.3) is 0 Å². The quantitative estimate of drug-likeness (QED) is 0.544. The summed E-state index contributed by atoms with van der Waals surface area (Å²) in [5, 5.41) is 1.17. The molecule has 0 N–H and O–H groups in total. The Bertz CT molecular complexity index is 298. The van der Waals surface area contributed by atoms with E-state index in [1.54, 1.807) is 0 Å². The molecule has 0 fully saturated rings. The Labute approximate surface area is 112 Å². The molecular formula is C12H15IOSe. The van der Waals surface area contributed by atoms with Gasteiger partial charge in [0, 0.05) is 0 Å². The van der Waals surface area contributed by atoms with Crippen molar-refractivity contribution >= 4 is 37.5 Å². The zero-order chi connectivity index (χ0) is 10.9. The predicted molar refractivity (Wildman–Crippen MR) is 74.5 cm³/mol. The molecule has 1 aromatic rings. The molecule has 0 saturated heterocycles. The van der Waals surface area contributed by atoms with Crippen molar-refractivity contribution in [2.45, 2.75) is 12.2 Å². The number of hydrogen-bond donors (Lipinski definition) is 0. The Balaban J connectivity index is 2.26. The van der Waals surface area contributed by atoms with Crippen LogP contribution in [0.2, 0.25) is 0 Å². The van der Waals surface area contributed by atoms with Crippen LogP contribution in [0.4, 0.5) is 0 Å². The molecular weight excluding hydrogens is 366 g/mol. The fraction of sp³-hybridized carbons (Fsp3) is 0.333. The average molecular weight is 381 g/mol. The monoisotopic (exact) mass is 382 g/mol. The van der Waals surface area contributed by atoms with Gasteiger partial charge in [-0.1, -0.05) is 0 Å². The summed E-state index contributed by atoms with van der Waals surface area (Å²) in [6.07, 6.45) is 0. The molecule has 1 rings (SSSR count). The fourth-order valence-electron chi connectivity index (χ4n) is 1.04. The first-order valence-electron chi connectivity index (χ1n) is 4.90. The van der Waals surface area contributed by atoms with Crippen LogP contribution in [0.15, 0.2) is 38.9 Å². The SMILES string of the molecule is CCOC/C(I)=C/[Se]Cc1ccccc1. The molecule has 0 saturated carbocycles. The van der Waals surface area contributed by atoms with E-state index in [-0.39, 0.29) is 0 Å². The van der Waals surface area contributed by atoms with Crippen LogP contribution in [0.25, 0.3) is 0 Å². The van der Waals surface area contributed by atoms with Crippen LogP contribution in [0.5, 0.6) is 0 Å². The standard InChI is InChI=1S/C12H15IOSe/c1-2-14-8-12(13)10-15-9-11-6-4-3-5-7-11/h3-7,10H,2,8-9H2,1H3/b12-10-. The first kappa shape index (κ1) is 13.2. The van der Waals surface area contributed by atoms with Crippen molar-refractivity contribution in [3.05, 3.63) is 44.4 Å². The van der Waals surface area contributed by atoms with Gasteiger partial charge < -0.3 is 0 Å². The van der Waals surface area contributed by atoms with Crippen LogP contribution in [0.1, 0.15) is 12.5 Å². The van der Waals surface area contributed by atoms with Gasteiger partial charge >= 0.3 is 112 Å². The molecule has 82 valence electrons. The molecule has 3 heteroatoms. The minimum atomic E-state index is 0.551. The molecule has 0 unspecified atom stereocenters. The van der Waals surface area contributed by atoms with Crippen molar-refractivity contribution in [3.63, 3.8) is 0 Å². The molecule has 0 aliphatic rings. The molecule has 0 aliphatic carbocycles. The molecule has 0 amide bonds. The minimum absolute atomic E-state index is 0.551. The van der Waals surface area contributed by atoms with Gasteiger partial charge in [-0.25, -0.2) is 0 Å².